The Balaban J connectivity index is 0.000000342. The fraction of sp³-hybridized carbons (Fsp3) is 0.519. The van der Waals surface area contributed by atoms with Crippen molar-refractivity contribution in [3.8, 4) is 0 Å². The highest BCUT2D eigenvalue weighted by atomic mass is 35.5. The molecule has 0 bridgehead atoms. The summed E-state index contributed by atoms with van der Waals surface area (Å²) in [6.45, 7) is 2.75. The highest BCUT2D eigenvalue weighted by Gasteiger charge is 2.29. The zero-order chi connectivity index (χ0) is 27.5. The SMILES string of the molecule is Clc1ccc2c(c1NCc1ccc(CSC3CCCCC3)cn1)CCNCC2.O=C(O)[C@H](O)[C@@H](O)C(=O)O. The smallest absolute Gasteiger partial charge is 0.335 e. The molecule has 1 aromatic carbocycles. The largest absolute Gasteiger partial charge is 0.479 e. The molecule has 2 aromatic rings. The van der Waals surface area contributed by atoms with Gasteiger partial charge in [0.1, 0.15) is 0 Å². The van der Waals surface area contributed by atoms with Crippen molar-refractivity contribution in [3.63, 3.8) is 0 Å². The summed E-state index contributed by atoms with van der Waals surface area (Å²) in [5, 5.41) is 41.2. The number of aliphatic carboxylic acids is 2. The normalized spacial score (nSPS) is 17.2. The average Bonchev–Trinajstić information content (AvgIpc) is 3.18. The summed E-state index contributed by atoms with van der Waals surface area (Å²) >= 11 is 8.62. The molecule has 1 fully saturated rings. The highest BCUT2D eigenvalue weighted by Crippen LogP contribution is 2.32. The summed E-state index contributed by atoms with van der Waals surface area (Å²) in [4.78, 5) is 24.2. The Morgan fingerprint density at radius 2 is 1.71 bits per heavy atom. The average molecular weight is 566 g/mol. The van der Waals surface area contributed by atoms with Crippen LogP contribution in [0.2, 0.25) is 5.02 Å². The number of aliphatic hydroxyl groups excluding tert-OH is 2. The number of anilines is 1. The maximum absolute atomic E-state index is 9.77. The first-order valence-electron chi connectivity index (χ1n) is 12.9. The number of pyridine rings is 1. The second-order valence-corrected chi connectivity index (χ2v) is 11.2. The minimum Gasteiger partial charge on any atom is -0.479 e. The maximum atomic E-state index is 9.77. The lowest BCUT2D eigenvalue weighted by Gasteiger charge is -2.20. The van der Waals surface area contributed by atoms with Crippen molar-refractivity contribution in [2.45, 2.75) is 74.7 Å². The molecule has 208 valence electrons. The van der Waals surface area contributed by atoms with Gasteiger partial charge in [-0.1, -0.05) is 43.0 Å². The zero-order valence-corrected chi connectivity index (χ0v) is 22.8. The Hall–Kier alpha value is -2.37. The second kappa shape index (κ2) is 15.3. The molecule has 1 aromatic heterocycles. The molecular weight excluding hydrogens is 530 g/mol. The Bertz CT molecular complexity index is 1050. The minimum atomic E-state index is -2.27. The first-order valence-corrected chi connectivity index (χ1v) is 14.3. The predicted octanol–water partition coefficient (Wildman–Crippen LogP) is 3.48. The van der Waals surface area contributed by atoms with E-state index in [9.17, 15) is 9.59 Å². The van der Waals surface area contributed by atoms with Crippen LogP contribution in [-0.4, -0.2) is 67.9 Å². The number of fused-ring (bicyclic) bond motifs is 1. The summed E-state index contributed by atoms with van der Waals surface area (Å²) in [5.41, 5.74) is 6.24. The number of aromatic nitrogens is 1. The van der Waals surface area contributed by atoms with Crippen LogP contribution in [0.25, 0.3) is 0 Å². The number of rotatable bonds is 9. The standard InChI is InChI=1S/C23H30ClN3S.C4H6O6/c24-22-9-7-18-10-12-25-13-11-21(18)23(22)27-15-19-8-6-17(14-26-19)16-28-20-4-2-1-3-5-20;5-1(3(7)8)2(6)4(9)10/h6-9,14,20,25,27H,1-5,10-13,15-16H2;1-2,5-6H,(H,7,8)(H,9,10)/t;1-,2-/m.1/s1. The van der Waals surface area contributed by atoms with E-state index in [-0.39, 0.29) is 0 Å². The number of nitrogens with one attached hydrogen (secondary N) is 2. The molecule has 0 unspecified atom stereocenters. The number of carboxylic acid groups (broad SMARTS) is 2. The molecule has 1 aliphatic heterocycles. The van der Waals surface area contributed by atoms with Crippen molar-refractivity contribution >= 4 is 41.0 Å². The molecule has 1 aliphatic carbocycles. The topological polar surface area (TPSA) is 152 Å². The van der Waals surface area contributed by atoms with Gasteiger partial charge in [-0.05, 0) is 67.6 Å². The van der Waals surface area contributed by atoms with Gasteiger partial charge in [0.05, 0.1) is 22.9 Å². The van der Waals surface area contributed by atoms with Crippen LogP contribution in [0.4, 0.5) is 5.69 Å². The molecule has 2 heterocycles. The minimum absolute atomic E-state index is 0.708. The van der Waals surface area contributed by atoms with Gasteiger partial charge in [0.2, 0.25) is 0 Å². The van der Waals surface area contributed by atoms with Crippen LogP contribution < -0.4 is 10.6 Å². The van der Waals surface area contributed by atoms with Crippen molar-refractivity contribution in [2.75, 3.05) is 18.4 Å². The molecule has 38 heavy (non-hydrogen) atoms. The van der Waals surface area contributed by atoms with Crippen LogP contribution in [0.1, 0.15) is 54.5 Å². The van der Waals surface area contributed by atoms with Gasteiger partial charge >= 0.3 is 11.9 Å². The number of thioether (sulfide) groups is 1. The number of hydrogen-bond acceptors (Lipinski definition) is 8. The lowest BCUT2D eigenvalue weighted by atomic mass is 10.0. The van der Waals surface area contributed by atoms with Gasteiger partial charge in [-0.25, -0.2) is 9.59 Å². The van der Waals surface area contributed by atoms with E-state index in [1.165, 1.54) is 48.8 Å². The third kappa shape index (κ3) is 9.13. The van der Waals surface area contributed by atoms with E-state index in [2.05, 4.69) is 45.6 Å². The molecule has 2 aliphatic rings. The summed E-state index contributed by atoms with van der Waals surface area (Å²) < 4.78 is 0. The quantitative estimate of drug-likeness (QED) is 0.266. The number of nitrogens with zero attached hydrogens (tertiary/aromatic N) is 1. The fourth-order valence-corrected chi connectivity index (χ4v) is 5.98. The third-order valence-electron chi connectivity index (χ3n) is 6.66. The molecule has 0 radical (unpaired) electrons. The van der Waals surface area contributed by atoms with E-state index in [0.717, 1.165) is 53.3 Å². The predicted molar refractivity (Wildman–Crippen MR) is 149 cm³/mol. The summed E-state index contributed by atoms with van der Waals surface area (Å²) in [7, 11) is 0. The van der Waals surface area contributed by atoms with Crippen LogP contribution in [-0.2, 0) is 34.7 Å². The van der Waals surface area contributed by atoms with Gasteiger partial charge in [0.15, 0.2) is 12.2 Å². The van der Waals surface area contributed by atoms with Gasteiger partial charge in [-0.3, -0.25) is 4.98 Å². The van der Waals surface area contributed by atoms with Crippen LogP contribution >= 0.6 is 23.4 Å². The van der Waals surface area contributed by atoms with Crippen LogP contribution in [0.5, 0.6) is 0 Å². The molecule has 0 amide bonds. The molecule has 2 atom stereocenters. The summed E-state index contributed by atoms with van der Waals surface area (Å²) in [5.74, 6) is -2.46. The van der Waals surface area contributed by atoms with E-state index < -0.39 is 24.1 Å². The van der Waals surface area contributed by atoms with Crippen LogP contribution in [0.15, 0.2) is 30.5 Å². The van der Waals surface area contributed by atoms with Crippen molar-refractivity contribution in [2.24, 2.45) is 0 Å². The van der Waals surface area contributed by atoms with Gasteiger partial charge in [-0.15, -0.1) is 0 Å². The first kappa shape index (κ1) is 30.2. The Morgan fingerprint density at radius 3 is 2.34 bits per heavy atom. The number of carbonyl (C=O) groups is 2. The lowest BCUT2D eigenvalue weighted by Crippen LogP contribution is -2.39. The van der Waals surface area contributed by atoms with Gasteiger partial charge < -0.3 is 31.1 Å². The molecular formula is C27H36ClN3O6S. The molecule has 0 spiro atoms. The lowest BCUT2D eigenvalue weighted by molar-refractivity contribution is -0.165. The molecule has 9 nitrogen and oxygen atoms in total. The Kier molecular flexibility index (Phi) is 12.1. The maximum Gasteiger partial charge on any atom is 0.335 e. The molecule has 0 saturated heterocycles. The number of benzene rings is 1. The highest BCUT2D eigenvalue weighted by molar-refractivity contribution is 7.99. The third-order valence-corrected chi connectivity index (χ3v) is 8.42. The van der Waals surface area contributed by atoms with Crippen LogP contribution in [0.3, 0.4) is 0 Å². The van der Waals surface area contributed by atoms with E-state index in [1.807, 2.05) is 12.3 Å². The monoisotopic (exact) mass is 565 g/mol. The van der Waals surface area contributed by atoms with Crippen molar-refractivity contribution in [1.29, 1.82) is 0 Å². The second-order valence-electron chi connectivity index (χ2n) is 9.46. The Morgan fingerprint density at radius 1 is 1.03 bits per heavy atom. The number of halogens is 1. The van der Waals surface area contributed by atoms with E-state index in [0.29, 0.717) is 6.54 Å². The van der Waals surface area contributed by atoms with Crippen LogP contribution in [0, 0.1) is 0 Å². The molecule has 4 rings (SSSR count). The first-order chi connectivity index (χ1) is 18.3. The number of carboxylic acids is 2. The Labute approximate surface area is 232 Å². The number of aliphatic hydroxyl groups is 2. The molecule has 1 saturated carbocycles. The fourth-order valence-electron chi connectivity index (χ4n) is 4.47. The summed E-state index contributed by atoms with van der Waals surface area (Å²) in [6.07, 6.45) is 6.60. The van der Waals surface area contributed by atoms with Crippen molar-refractivity contribution in [1.82, 2.24) is 10.3 Å². The van der Waals surface area contributed by atoms with Gasteiger partial charge in [-0.2, -0.15) is 11.8 Å². The van der Waals surface area contributed by atoms with Crippen molar-refractivity contribution < 1.29 is 30.0 Å². The zero-order valence-electron chi connectivity index (χ0n) is 21.2. The van der Waals surface area contributed by atoms with E-state index >= 15 is 0 Å². The number of hydrogen-bond donors (Lipinski definition) is 6. The van der Waals surface area contributed by atoms with E-state index in [1.54, 1.807) is 0 Å². The summed E-state index contributed by atoms with van der Waals surface area (Å²) in [6, 6.07) is 8.58. The van der Waals surface area contributed by atoms with Gasteiger partial charge in [0, 0.05) is 17.2 Å². The van der Waals surface area contributed by atoms with Crippen molar-refractivity contribution in [3.05, 3.63) is 57.9 Å². The van der Waals surface area contributed by atoms with E-state index in [4.69, 9.17) is 32.0 Å². The van der Waals surface area contributed by atoms with Gasteiger partial charge in [0.25, 0.3) is 0 Å². The molecule has 6 N–H and O–H groups in total. The molecule has 11 heteroatoms.